The maximum Gasteiger partial charge on any atom is 0.252 e. The maximum absolute atomic E-state index is 13.7. The van der Waals surface area contributed by atoms with Crippen LogP contribution in [0.5, 0.6) is 11.5 Å². The second kappa shape index (κ2) is 12.8. The summed E-state index contributed by atoms with van der Waals surface area (Å²) in [5.74, 6) is -1.75. The molecule has 0 aromatic heterocycles. The summed E-state index contributed by atoms with van der Waals surface area (Å²) in [4.78, 5) is 24.5. The lowest BCUT2D eigenvalue weighted by molar-refractivity contribution is -0.131. The zero-order valence-corrected chi connectivity index (χ0v) is 19.9. The van der Waals surface area contributed by atoms with Crippen molar-refractivity contribution in [3.05, 3.63) is 52.3 Å². The number of ether oxygens (including phenoxy) is 2. The molecular formula is C23H27BrFN3O4. The van der Waals surface area contributed by atoms with E-state index in [1.807, 2.05) is 6.92 Å². The maximum atomic E-state index is 13.7. The molecule has 0 saturated heterocycles. The van der Waals surface area contributed by atoms with Crippen LogP contribution in [0, 0.1) is 11.7 Å². The highest BCUT2D eigenvalue weighted by Gasteiger charge is 2.22. The van der Waals surface area contributed by atoms with Crippen molar-refractivity contribution in [3.8, 4) is 11.5 Å². The molecule has 0 saturated carbocycles. The molecule has 32 heavy (non-hydrogen) atoms. The van der Waals surface area contributed by atoms with Gasteiger partial charge in [0.05, 0.1) is 29.6 Å². The van der Waals surface area contributed by atoms with Gasteiger partial charge in [-0.3, -0.25) is 9.59 Å². The first-order valence-electron chi connectivity index (χ1n) is 10.3. The van der Waals surface area contributed by atoms with Gasteiger partial charge in [-0.25, -0.2) is 9.82 Å². The standard InChI is InChI=1S/C23H27BrFN3O4/c1-4-6-11-32-21-17(24)12-16(13-20(21)31-5-2)14-26-28-23(30)15(3)22(29)27-19-10-8-7-9-18(19)25/h7-10,12-15H,4-6,11H2,1-3H3,(H,27,29)(H,28,30). The van der Waals surface area contributed by atoms with Gasteiger partial charge >= 0.3 is 0 Å². The normalized spacial score (nSPS) is 11.8. The van der Waals surface area contributed by atoms with Crippen LogP contribution in [0.3, 0.4) is 0 Å². The molecule has 1 atom stereocenters. The molecule has 7 nitrogen and oxygen atoms in total. The number of rotatable bonds is 11. The number of benzene rings is 2. The van der Waals surface area contributed by atoms with E-state index in [0.29, 0.717) is 34.7 Å². The van der Waals surface area contributed by atoms with Gasteiger partial charge in [-0.05, 0) is 66.0 Å². The summed E-state index contributed by atoms with van der Waals surface area (Å²) in [6, 6.07) is 9.27. The van der Waals surface area contributed by atoms with E-state index in [0.717, 1.165) is 12.8 Å². The molecule has 2 amide bonds. The number of halogens is 2. The van der Waals surface area contributed by atoms with Crippen LogP contribution in [-0.4, -0.2) is 31.2 Å². The van der Waals surface area contributed by atoms with E-state index < -0.39 is 23.5 Å². The number of anilines is 1. The fourth-order valence-corrected chi connectivity index (χ4v) is 3.15. The summed E-state index contributed by atoms with van der Waals surface area (Å²) in [5, 5.41) is 6.31. The Balaban J connectivity index is 2.02. The highest BCUT2D eigenvalue weighted by Crippen LogP contribution is 2.36. The van der Waals surface area contributed by atoms with Crippen LogP contribution in [-0.2, 0) is 9.59 Å². The van der Waals surface area contributed by atoms with E-state index in [1.54, 1.807) is 18.2 Å². The van der Waals surface area contributed by atoms with Crippen molar-refractivity contribution in [2.24, 2.45) is 11.0 Å². The first kappa shape index (κ1) is 25.3. The fourth-order valence-electron chi connectivity index (χ4n) is 2.57. The Morgan fingerprint density at radius 2 is 1.94 bits per heavy atom. The number of nitrogens with zero attached hydrogens (tertiary/aromatic N) is 1. The number of amides is 2. The molecule has 9 heteroatoms. The first-order valence-corrected chi connectivity index (χ1v) is 11.1. The largest absolute Gasteiger partial charge is 0.490 e. The van der Waals surface area contributed by atoms with E-state index in [4.69, 9.17) is 9.47 Å². The fraction of sp³-hybridized carbons (Fsp3) is 0.348. The zero-order valence-electron chi connectivity index (χ0n) is 18.3. The van der Waals surface area contributed by atoms with E-state index in [2.05, 4.69) is 38.7 Å². The molecule has 2 aromatic carbocycles. The van der Waals surface area contributed by atoms with E-state index in [1.165, 1.54) is 31.3 Å². The third-order valence-electron chi connectivity index (χ3n) is 4.38. The van der Waals surface area contributed by atoms with Crippen molar-refractivity contribution in [2.75, 3.05) is 18.5 Å². The lowest BCUT2D eigenvalue weighted by atomic mass is 10.1. The number of hydrogen-bond donors (Lipinski definition) is 2. The molecule has 172 valence electrons. The van der Waals surface area contributed by atoms with Gasteiger partial charge in [0.1, 0.15) is 11.7 Å². The molecule has 0 radical (unpaired) electrons. The second-order valence-electron chi connectivity index (χ2n) is 6.89. The molecule has 0 spiro atoms. The van der Waals surface area contributed by atoms with Crippen molar-refractivity contribution in [3.63, 3.8) is 0 Å². The van der Waals surface area contributed by atoms with Crippen molar-refractivity contribution >= 4 is 39.6 Å². The van der Waals surface area contributed by atoms with Gasteiger partial charge in [-0.2, -0.15) is 5.10 Å². The van der Waals surface area contributed by atoms with Gasteiger partial charge in [0.2, 0.25) is 5.91 Å². The van der Waals surface area contributed by atoms with Crippen LogP contribution >= 0.6 is 15.9 Å². The number of unbranched alkanes of at least 4 members (excludes halogenated alkanes) is 1. The van der Waals surface area contributed by atoms with Crippen molar-refractivity contribution in [1.82, 2.24) is 5.43 Å². The molecule has 0 fully saturated rings. The van der Waals surface area contributed by atoms with Crippen LogP contribution in [0.25, 0.3) is 0 Å². The molecule has 0 heterocycles. The summed E-state index contributed by atoms with van der Waals surface area (Å²) in [5.41, 5.74) is 3.00. The number of carbonyl (C=O) groups excluding carboxylic acids is 2. The Labute approximate surface area is 195 Å². The van der Waals surface area contributed by atoms with E-state index in [-0.39, 0.29) is 5.69 Å². The van der Waals surface area contributed by atoms with Crippen LogP contribution in [0.15, 0.2) is 46.0 Å². The Morgan fingerprint density at radius 1 is 1.19 bits per heavy atom. The highest BCUT2D eigenvalue weighted by molar-refractivity contribution is 9.10. The lowest BCUT2D eigenvalue weighted by Gasteiger charge is -2.14. The van der Waals surface area contributed by atoms with Crippen molar-refractivity contribution in [2.45, 2.75) is 33.6 Å². The van der Waals surface area contributed by atoms with Gasteiger partial charge in [0.25, 0.3) is 5.91 Å². The average Bonchev–Trinajstić information content (AvgIpc) is 2.76. The highest BCUT2D eigenvalue weighted by atomic mass is 79.9. The van der Waals surface area contributed by atoms with Gasteiger partial charge in [-0.1, -0.05) is 25.5 Å². The summed E-state index contributed by atoms with van der Waals surface area (Å²) in [7, 11) is 0. The van der Waals surface area contributed by atoms with E-state index in [9.17, 15) is 14.0 Å². The summed E-state index contributed by atoms with van der Waals surface area (Å²) >= 11 is 3.48. The zero-order chi connectivity index (χ0) is 23.5. The summed E-state index contributed by atoms with van der Waals surface area (Å²) in [6.45, 7) is 6.40. The summed E-state index contributed by atoms with van der Waals surface area (Å²) < 4.78 is 25.9. The number of nitrogens with one attached hydrogen (secondary N) is 2. The third kappa shape index (κ3) is 7.33. The van der Waals surface area contributed by atoms with Gasteiger partial charge < -0.3 is 14.8 Å². The lowest BCUT2D eigenvalue weighted by Crippen LogP contribution is -2.34. The van der Waals surface area contributed by atoms with Crippen LogP contribution < -0.4 is 20.2 Å². The minimum atomic E-state index is -1.08. The molecule has 0 aliphatic carbocycles. The predicted octanol–water partition coefficient (Wildman–Crippen LogP) is 4.89. The predicted molar refractivity (Wildman–Crippen MR) is 126 cm³/mol. The van der Waals surface area contributed by atoms with Crippen molar-refractivity contribution in [1.29, 1.82) is 0 Å². The van der Waals surface area contributed by atoms with Crippen molar-refractivity contribution < 1.29 is 23.5 Å². The first-order chi connectivity index (χ1) is 15.4. The second-order valence-corrected chi connectivity index (χ2v) is 7.74. The van der Waals surface area contributed by atoms with E-state index >= 15 is 0 Å². The third-order valence-corrected chi connectivity index (χ3v) is 4.97. The Morgan fingerprint density at radius 3 is 2.62 bits per heavy atom. The molecule has 0 bridgehead atoms. The minimum Gasteiger partial charge on any atom is -0.490 e. The number of hydrogen-bond acceptors (Lipinski definition) is 5. The number of carbonyl (C=O) groups is 2. The Hall–Kier alpha value is -2.94. The van der Waals surface area contributed by atoms with Gasteiger partial charge in [0, 0.05) is 0 Å². The SMILES string of the molecule is CCCCOc1c(Br)cc(C=NNC(=O)C(C)C(=O)Nc2ccccc2F)cc1OCC. The van der Waals surface area contributed by atoms with Crippen LogP contribution in [0.2, 0.25) is 0 Å². The Bertz CT molecular complexity index is 968. The number of hydrazone groups is 1. The van der Waals surface area contributed by atoms with Crippen LogP contribution in [0.4, 0.5) is 10.1 Å². The smallest absolute Gasteiger partial charge is 0.252 e. The number of para-hydroxylation sites is 1. The summed E-state index contributed by atoms with van der Waals surface area (Å²) in [6.07, 6.45) is 3.38. The van der Waals surface area contributed by atoms with Gasteiger partial charge in [-0.15, -0.1) is 0 Å². The van der Waals surface area contributed by atoms with Crippen LogP contribution in [0.1, 0.15) is 39.2 Å². The molecule has 1 unspecified atom stereocenters. The molecule has 2 rings (SSSR count). The molecule has 2 aromatic rings. The average molecular weight is 508 g/mol. The molecule has 0 aliphatic heterocycles. The molecule has 2 N–H and O–H groups in total. The molecular weight excluding hydrogens is 481 g/mol. The topological polar surface area (TPSA) is 89.0 Å². The molecule has 0 aliphatic rings. The monoisotopic (exact) mass is 507 g/mol. The quantitative estimate of drug-likeness (QED) is 0.196. The minimum absolute atomic E-state index is 0.00944. The van der Waals surface area contributed by atoms with Gasteiger partial charge in [0.15, 0.2) is 11.5 Å². The Kier molecular flexibility index (Phi) is 10.1.